The summed E-state index contributed by atoms with van der Waals surface area (Å²) in [5.74, 6) is 5.79. The number of aryl methyl sites for hydroxylation is 1. The van der Waals surface area contributed by atoms with Gasteiger partial charge in [0.1, 0.15) is 10.8 Å². The molecule has 2 rings (SSSR count). The maximum absolute atomic E-state index is 13.8. The van der Waals surface area contributed by atoms with Crippen LogP contribution in [0.4, 0.5) is 4.39 Å². The Balaban J connectivity index is 2.05. The van der Waals surface area contributed by atoms with Crippen LogP contribution in [-0.4, -0.2) is 16.7 Å². The van der Waals surface area contributed by atoms with E-state index >= 15 is 0 Å². The summed E-state index contributed by atoms with van der Waals surface area (Å²) in [6.07, 6.45) is 0. The molecule has 1 aromatic carbocycles. The number of halogens is 1. The van der Waals surface area contributed by atoms with Gasteiger partial charge in [-0.25, -0.2) is 4.39 Å². The lowest BCUT2D eigenvalue weighted by molar-refractivity contribution is 0.617. The van der Waals surface area contributed by atoms with Crippen LogP contribution in [-0.2, 0) is 5.75 Å². The molecule has 0 amide bonds. The third-order valence-electron chi connectivity index (χ3n) is 2.25. The predicted octanol–water partition coefficient (Wildman–Crippen LogP) is 2.59. The summed E-state index contributed by atoms with van der Waals surface area (Å²) in [6.45, 7) is 2.17. The first kappa shape index (κ1) is 14.0. The first-order valence-corrected chi connectivity index (χ1v) is 7.39. The highest BCUT2D eigenvalue weighted by Gasteiger charge is 2.06. The zero-order valence-electron chi connectivity index (χ0n) is 10.3. The van der Waals surface area contributed by atoms with Crippen molar-refractivity contribution in [3.8, 4) is 11.8 Å². The molecule has 0 aliphatic carbocycles. The number of thioether (sulfide) groups is 1. The van der Waals surface area contributed by atoms with Gasteiger partial charge >= 0.3 is 0 Å². The van der Waals surface area contributed by atoms with Crippen molar-refractivity contribution in [1.82, 2.24) is 10.2 Å². The van der Waals surface area contributed by atoms with Crippen molar-refractivity contribution in [2.24, 2.45) is 5.73 Å². The number of nitrogens with two attached hydrogens (primary N) is 1. The Bertz CT molecular complexity index is 628. The zero-order chi connectivity index (χ0) is 13.7. The smallest absolute Gasteiger partial charge is 0.174 e. The molecule has 0 atom stereocenters. The molecule has 3 nitrogen and oxygen atoms in total. The van der Waals surface area contributed by atoms with Gasteiger partial charge in [0.2, 0.25) is 0 Å². The third kappa shape index (κ3) is 4.03. The number of aromatic nitrogens is 2. The van der Waals surface area contributed by atoms with E-state index in [1.54, 1.807) is 12.1 Å². The Morgan fingerprint density at radius 3 is 2.89 bits per heavy atom. The second-order valence-corrected chi connectivity index (χ2v) is 6.09. The van der Waals surface area contributed by atoms with Gasteiger partial charge in [-0.3, -0.25) is 0 Å². The molecule has 0 bridgehead atoms. The second kappa shape index (κ2) is 6.66. The van der Waals surface area contributed by atoms with E-state index in [0.717, 1.165) is 9.35 Å². The third-order valence-corrected chi connectivity index (χ3v) is 4.27. The van der Waals surface area contributed by atoms with Crippen LogP contribution in [0.2, 0.25) is 0 Å². The van der Waals surface area contributed by atoms with Crippen LogP contribution in [0.1, 0.15) is 16.1 Å². The molecule has 19 heavy (non-hydrogen) atoms. The fraction of sp³-hybridized carbons (Fsp3) is 0.231. The number of benzene rings is 1. The van der Waals surface area contributed by atoms with Crippen LogP contribution in [0, 0.1) is 24.6 Å². The Kier molecular flexibility index (Phi) is 4.91. The molecule has 0 radical (unpaired) electrons. The van der Waals surface area contributed by atoms with Crippen molar-refractivity contribution in [2.75, 3.05) is 6.54 Å². The molecule has 6 heteroatoms. The predicted molar refractivity (Wildman–Crippen MR) is 76.5 cm³/mol. The van der Waals surface area contributed by atoms with Crippen molar-refractivity contribution in [3.63, 3.8) is 0 Å². The van der Waals surface area contributed by atoms with Crippen LogP contribution >= 0.6 is 23.1 Å². The van der Waals surface area contributed by atoms with Crippen LogP contribution in [0.15, 0.2) is 22.5 Å². The van der Waals surface area contributed by atoms with Gasteiger partial charge in [0.05, 0.1) is 6.54 Å². The van der Waals surface area contributed by atoms with E-state index in [9.17, 15) is 4.39 Å². The van der Waals surface area contributed by atoms with Gasteiger partial charge in [-0.15, -0.1) is 10.2 Å². The summed E-state index contributed by atoms with van der Waals surface area (Å²) < 4.78 is 14.7. The molecule has 0 unspecified atom stereocenters. The topological polar surface area (TPSA) is 51.8 Å². The lowest BCUT2D eigenvalue weighted by atomic mass is 10.1. The van der Waals surface area contributed by atoms with Crippen molar-refractivity contribution >= 4 is 23.1 Å². The minimum absolute atomic E-state index is 0.252. The summed E-state index contributed by atoms with van der Waals surface area (Å²) in [6, 6.07) is 4.98. The lowest BCUT2D eigenvalue weighted by Gasteiger charge is -2.01. The SMILES string of the molecule is Cc1nnc(SCc2ccc(C#CCN)cc2F)s1. The summed E-state index contributed by atoms with van der Waals surface area (Å²) >= 11 is 2.99. The van der Waals surface area contributed by atoms with Gasteiger partial charge in [-0.2, -0.15) is 0 Å². The highest BCUT2D eigenvalue weighted by molar-refractivity contribution is 8.00. The van der Waals surface area contributed by atoms with E-state index in [1.807, 2.05) is 6.92 Å². The Morgan fingerprint density at radius 2 is 2.26 bits per heavy atom. The zero-order valence-corrected chi connectivity index (χ0v) is 11.9. The van der Waals surface area contributed by atoms with Crippen molar-refractivity contribution in [2.45, 2.75) is 17.0 Å². The van der Waals surface area contributed by atoms with Gasteiger partial charge in [-0.1, -0.05) is 41.0 Å². The molecular formula is C13H12FN3S2. The molecule has 1 aromatic heterocycles. The van der Waals surface area contributed by atoms with Crippen molar-refractivity contribution in [3.05, 3.63) is 40.2 Å². The number of hydrogen-bond acceptors (Lipinski definition) is 5. The Morgan fingerprint density at radius 1 is 1.42 bits per heavy atom. The number of nitrogens with zero attached hydrogens (tertiary/aromatic N) is 2. The van der Waals surface area contributed by atoms with Crippen LogP contribution in [0.25, 0.3) is 0 Å². The molecule has 2 N–H and O–H groups in total. The van der Waals surface area contributed by atoms with Crippen LogP contribution in [0.5, 0.6) is 0 Å². The highest BCUT2D eigenvalue weighted by atomic mass is 32.2. The quantitative estimate of drug-likeness (QED) is 0.698. The van der Waals surface area contributed by atoms with E-state index in [-0.39, 0.29) is 12.4 Å². The van der Waals surface area contributed by atoms with Gasteiger partial charge in [0.15, 0.2) is 4.34 Å². The molecule has 1 heterocycles. The number of hydrogen-bond donors (Lipinski definition) is 1. The van der Waals surface area contributed by atoms with E-state index in [2.05, 4.69) is 22.0 Å². The van der Waals surface area contributed by atoms with Gasteiger partial charge < -0.3 is 5.73 Å². The van der Waals surface area contributed by atoms with Crippen molar-refractivity contribution < 1.29 is 4.39 Å². The number of rotatable bonds is 3. The fourth-order valence-electron chi connectivity index (χ4n) is 1.37. The normalized spacial score (nSPS) is 10.1. The molecule has 0 fully saturated rings. The minimum Gasteiger partial charge on any atom is -0.320 e. The van der Waals surface area contributed by atoms with Crippen molar-refractivity contribution in [1.29, 1.82) is 0 Å². The maximum atomic E-state index is 13.8. The fourth-order valence-corrected chi connectivity index (χ4v) is 3.17. The largest absolute Gasteiger partial charge is 0.320 e. The standard InChI is InChI=1S/C13H12FN3S2/c1-9-16-17-13(19-9)18-8-11-5-4-10(3-2-6-15)7-12(11)14/h4-5,7H,6,8,15H2,1H3. The van der Waals surface area contributed by atoms with E-state index in [4.69, 9.17) is 5.73 Å². The average Bonchev–Trinajstić information content (AvgIpc) is 2.81. The average molecular weight is 293 g/mol. The molecule has 2 aromatic rings. The molecule has 0 saturated carbocycles. The van der Waals surface area contributed by atoms with Gasteiger partial charge in [0.25, 0.3) is 0 Å². The summed E-state index contributed by atoms with van der Waals surface area (Å²) in [7, 11) is 0. The molecule has 0 aliphatic heterocycles. The van der Waals surface area contributed by atoms with Crippen LogP contribution in [0.3, 0.4) is 0 Å². The maximum Gasteiger partial charge on any atom is 0.174 e. The monoisotopic (exact) mass is 293 g/mol. The van der Waals surface area contributed by atoms with Crippen LogP contribution < -0.4 is 5.73 Å². The Hall–Kier alpha value is -1.42. The highest BCUT2D eigenvalue weighted by Crippen LogP contribution is 2.26. The molecular weight excluding hydrogens is 281 g/mol. The second-order valence-electron chi connectivity index (χ2n) is 3.69. The molecule has 0 saturated heterocycles. The van der Waals surface area contributed by atoms with E-state index < -0.39 is 0 Å². The van der Waals surface area contributed by atoms with Gasteiger partial charge in [0, 0.05) is 11.3 Å². The molecule has 0 spiro atoms. The first-order valence-electron chi connectivity index (χ1n) is 5.59. The molecule has 0 aliphatic rings. The summed E-state index contributed by atoms with van der Waals surface area (Å²) in [5.41, 5.74) is 6.55. The lowest BCUT2D eigenvalue weighted by Crippen LogP contribution is -1.93. The Labute approximate surface area is 119 Å². The summed E-state index contributed by atoms with van der Waals surface area (Å²) in [4.78, 5) is 0. The first-order chi connectivity index (χ1) is 9.19. The minimum atomic E-state index is -0.252. The summed E-state index contributed by atoms with van der Waals surface area (Å²) in [5, 5.41) is 8.83. The van der Waals surface area contributed by atoms with E-state index in [0.29, 0.717) is 16.9 Å². The molecule has 98 valence electrons. The van der Waals surface area contributed by atoms with Gasteiger partial charge in [-0.05, 0) is 24.6 Å². The van der Waals surface area contributed by atoms with E-state index in [1.165, 1.54) is 29.2 Å².